The molecule has 0 aromatic carbocycles. The van der Waals surface area contributed by atoms with Gasteiger partial charge in [0.2, 0.25) is 3.79 Å². The fraction of sp³-hybridized carbons (Fsp3) is 0.750. The molecule has 0 radical (unpaired) electrons. The maximum atomic E-state index is 11.8. The third-order valence-corrected chi connectivity index (χ3v) is 3.24. The number of ether oxygens (including phenoxy) is 1. The molecular weight excluding hydrogens is 327 g/mol. The first-order chi connectivity index (χ1) is 8.22. The number of hydrogen-bond acceptors (Lipinski definition) is 5. The van der Waals surface area contributed by atoms with Crippen LogP contribution in [-0.4, -0.2) is 35.7 Å². The Balaban J connectivity index is 4.41. The third-order valence-electron chi connectivity index (χ3n) is 1.28. The van der Waals surface area contributed by atoms with Crippen LogP contribution in [0.2, 0.25) is 0 Å². The van der Waals surface area contributed by atoms with Gasteiger partial charge in [-0.1, -0.05) is 34.8 Å². The molecule has 0 aliphatic carbocycles. The van der Waals surface area contributed by atoms with Crippen LogP contribution >= 0.6 is 42.4 Å². The van der Waals surface area contributed by atoms with Gasteiger partial charge in [0, 0.05) is 0 Å². The van der Waals surface area contributed by atoms with E-state index in [1.165, 1.54) is 0 Å². The first-order valence-corrected chi connectivity index (χ1v) is 7.64. The topological polar surface area (TPSA) is 74.2 Å². The number of nitrogens with zero attached hydrogens (tertiary/aromatic N) is 1. The first-order valence-electron chi connectivity index (χ1n) is 4.90. The van der Waals surface area contributed by atoms with Gasteiger partial charge in [-0.15, -0.1) is 0 Å². The average molecular weight is 341 g/mol. The van der Waals surface area contributed by atoms with Crippen molar-refractivity contribution in [2.75, 3.05) is 19.8 Å². The van der Waals surface area contributed by atoms with Crippen LogP contribution in [0.4, 0.5) is 4.79 Å². The molecule has 1 amide bonds. The minimum atomic E-state index is -3.53. The predicted octanol–water partition coefficient (Wildman–Crippen LogP) is 3.79. The van der Waals surface area contributed by atoms with Gasteiger partial charge in [0.05, 0.1) is 13.2 Å². The molecule has 0 aromatic rings. The molecule has 0 saturated heterocycles. The van der Waals surface area contributed by atoms with Gasteiger partial charge >= 0.3 is 13.7 Å². The second-order valence-corrected chi connectivity index (χ2v) is 7.13. The van der Waals surface area contributed by atoms with Gasteiger partial charge in [0.15, 0.2) is 0 Å². The number of aliphatic imine (C=N–C) groups is 1. The van der Waals surface area contributed by atoms with Gasteiger partial charge in [0.1, 0.15) is 12.6 Å². The van der Waals surface area contributed by atoms with Gasteiger partial charge in [-0.2, -0.15) is 4.99 Å². The molecule has 0 heterocycles. The molecule has 0 rings (SSSR count). The van der Waals surface area contributed by atoms with E-state index >= 15 is 0 Å². The van der Waals surface area contributed by atoms with Crippen molar-refractivity contribution in [1.29, 1.82) is 0 Å². The van der Waals surface area contributed by atoms with Crippen LogP contribution in [0, 0.1) is 0 Å². The molecule has 0 N–H and O–H groups in total. The summed E-state index contributed by atoms with van der Waals surface area (Å²) in [5.41, 5.74) is 0. The van der Waals surface area contributed by atoms with E-state index in [0.29, 0.717) is 0 Å². The molecular formula is C8H13Cl3NO5P. The van der Waals surface area contributed by atoms with Crippen LogP contribution in [0.3, 0.4) is 0 Å². The van der Waals surface area contributed by atoms with Crippen molar-refractivity contribution in [2.24, 2.45) is 4.99 Å². The normalized spacial score (nSPS) is 12.9. The Hall–Kier alpha value is 0.160. The van der Waals surface area contributed by atoms with Crippen molar-refractivity contribution < 1.29 is 23.1 Å². The number of amides is 1. The Kier molecular flexibility index (Phi) is 8.43. The summed E-state index contributed by atoms with van der Waals surface area (Å²) >= 11 is 16.1. The lowest BCUT2D eigenvalue weighted by Crippen LogP contribution is -2.15. The van der Waals surface area contributed by atoms with E-state index in [2.05, 4.69) is 9.73 Å². The largest absolute Gasteiger partial charge is 0.443 e. The lowest BCUT2D eigenvalue weighted by molar-refractivity contribution is 0.159. The number of rotatable bonds is 6. The van der Waals surface area contributed by atoms with E-state index in [9.17, 15) is 9.36 Å². The zero-order chi connectivity index (χ0) is 14.2. The summed E-state index contributed by atoms with van der Waals surface area (Å²) in [6.45, 7) is 3.07. The number of hydrogen-bond donors (Lipinski definition) is 0. The van der Waals surface area contributed by atoms with E-state index < -0.39 is 24.1 Å². The summed E-state index contributed by atoms with van der Waals surface area (Å²) in [6, 6.07) is 0. The Bertz CT molecular complexity index is 334. The monoisotopic (exact) mass is 339 g/mol. The van der Waals surface area contributed by atoms with Gasteiger partial charge in [-0.25, -0.2) is 4.79 Å². The Labute approximate surface area is 120 Å². The van der Waals surface area contributed by atoms with Crippen molar-refractivity contribution in [3.05, 3.63) is 0 Å². The summed E-state index contributed by atoms with van der Waals surface area (Å²) in [5.74, 6) is 0.765. The van der Waals surface area contributed by atoms with Crippen LogP contribution in [0.1, 0.15) is 13.8 Å². The van der Waals surface area contributed by atoms with Gasteiger partial charge in [-0.05, 0) is 13.8 Å². The van der Waals surface area contributed by atoms with Crippen molar-refractivity contribution >= 4 is 54.4 Å². The maximum Gasteiger partial charge on any atom is 0.434 e. The average Bonchev–Trinajstić information content (AvgIpc) is 2.23. The summed E-state index contributed by atoms with van der Waals surface area (Å²) in [7, 11) is -3.53. The van der Waals surface area contributed by atoms with Gasteiger partial charge < -0.3 is 13.8 Å². The second-order valence-electron chi connectivity index (χ2n) is 2.79. The maximum absolute atomic E-state index is 11.8. The number of carbonyl (C=O) groups is 1. The highest BCUT2D eigenvalue weighted by molar-refractivity contribution is 7.69. The fourth-order valence-corrected chi connectivity index (χ4v) is 2.09. The molecule has 18 heavy (non-hydrogen) atoms. The zero-order valence-electron chi connectivity index (χ0n) is 9.77. The molecule has 106 valence electrons. The smallest absolute Gasteiger partial charge is 0.434 e. The second kappa shape index (κ2) is 8.35. The molecule has 0 aliphatic rings. The number of alkyl halides is 3. The van der Waals surface area contributed by atoms with Crippen molar-refractivity contribution in [3.8, 4) is 0 Å². The summed E-state index contributed by atoms with van der Waals surface area (Å²) < 4.78 is 24.3. The van der Waals surface area contributed by atoms with E-state index in [0.717, 1.165) is 5.96 Å². The van der Waals surface area contributed by atoms with E-state index in [4.69, 9.17) is 43.9 Å². The number of carbonyl (C=O) groups excluding carboxylic acids is 1. The highest BCUT2D eigenvalue weighted by atomic mass is 35.6. The Morgan fingerprint density at radius 3 is 2.17 bits per heavy atom. The Morgan fingerprint density at radius 2 is 1.78 bits per heavy atom. The van der Waals surface area contributed by atoms with Crippen molar-refractivity contribution in [3.63, 3.8) is 0 Å². The lowest BCUT2D eigenvalue weighted by Gasteiger charge is -2.12. The predicted molar refractivity (Wildman–Crippen MR) is 71.0 cm³/mol. The van der Waals surface area contributed by atoms with Gasteiger partial charge in [0.25, 0.3) is 0 Å². The molecule has 0 aliphatic heterocycles. The van der Waals surface area contributed by atoms with Crippen LogP contribution in [0.15, 0.2) is 4.99 Å². The van der Waals surface area contributed by atoms with Gasteiger partial charge in [-0.3, -0.25) is 4.57 Å². The quantitative estimate of drug-likeness (QED) is 0.418. The molecule has 0 spiro atoms. The van der Waals surface area contributed by atoms with Crippen molar-refractivity contribution in [2.45, 2.75) is 17.6 Å². The summed E-state index contributed by atoms with van der Waals surface area (Å²) in [4.78, 5) is 14.4. The minimum absolute atomic E-state index is 0.145. The first kappa shape index (κ1) is 18.2. The van der Waals surface area contributed by atoms with E-state index in [1.54, 1.807) is 13.8 Å². The SMILES string of the molecule is CCOP(=O)(C=NC(=O)OCC(Cl)(Cl)Cl)OCC. The lowest BCUT2D eigenvalue weighted by atomic mass is 10.8. The molecule has 0 aromatic heterocycles. The van der Waals surface area contributed by atoms with E-state index in [1.807, 2.05) is 0 Å². The molecule has 10 heteroatoms. The molecule has 0 fully saturated rings. The third kappa shape index (κ3) is 9.14. The van der Waals surface area contributed by atoms with Crippen molar-refractivity contribution in [1.82, 2.24) is 0 Å². The highest BCUT2D eigenvalue weighted by Crippen LogP contribution is 2.45. The zero-order valence-corrected chi connectivity index (χ0v) is 12.9. The molecule has 0 atom stereocenters. The molecule has 0 unspecified atom stereocenters. The summed E-state index contributed by atoms with van der Waals surface area (Å²) in [5, 5.41) is 0. The van der Waals surface area contributed by atoms with Crippen LogP contribution in [0.5, 0.6) is 0 Å². The standard InChI is InChI=1S/C8H13Cl3NO5P/c1-3-16-18(14,17-4-2)6-12-7(13)15-5-8(9,10)11/h6H,3-5H2,1-2H3. The summed E-state index contributed by atoms with van der Waals surface area (Å²) in [6.07, 6.45) is -1.05. The molecule has 0 saturated carbocycles. The number of halogens is 3. The minimum Gasteiger partial charge on any atom is -0.443 e. The van der Waals surface area contributed by atoms with E-state index in [-0.39, 0.29) is 13.2 Å². The van der Waals surface area contributed by atoms with Crippen LogP contribution < -0.4 is 0 Å². The fourth-order valence-electron chi connectivity index (χ4n) is 0.763. The van der Waals surface area contributed by atoms with Crippen LogP contribution in [-0.2, 0) is 18.3 Å². The highest BCUT2D eigenvalue weighted by Gasteiger charge is 2.24. The molecule has 0 bridgehead atoms. The van der Waals surface area contributed by atoms with Crippen LogP contribution in [0.25, 0.3) is 0 Å². The Morgan fingerprint density at radius 1 is 1.28 bits per heavy atom. The molecule has 6 nitrogen and oxygen atoms in total.